The maximum Gasteiger partial charge on any atom is 0.573 e. The van der Waals surface area contributed by atoms with Gasteiger partial charge in [0, 0.05) is 18.5 Å². The van der Waals surface area contributed by atoms with E-state index in [4.69, 9.17) is 0 Å². The van der Waals surface area contributed by atoms with Crippen molar-refractivity contribution < 1.29 is 40.3 Å². The molecule has 1 atom stereocenters. The topological polar surface area (TPSA) is 50.4 Å². The number of rotatable bonds is 7. The Morgan fingerprint density at radius 3 is 2.13 bits per heavy atom. The first-order valence-electron chi connectivity index (χ1n) is 12.2. The highest BCUT2D eigenvalue weighted by Gasteiger charge is 2.41. The molecule has 1 aliphatic carbocycles. The summed E-state index contributed by atoms with van der Waals surface area (Å²) in [6.07, 6.45) is -6.95. The number of amides is 2. The van der Waals surface area contributed by atoms with Crippen molar-refractivity contribution >= 4 is 6.03 Å². The number of nitrogens with one attached hydrogen (secondary N) is 2. The molecule has 0 radical (unpaired) electrons. The second-order valence-corrected chi connectivity index (χ2v) is 9.45. The van der Waals surface area contributed by atoms with E-state index in [9.17, 15) is 35.5 Å². The van der Waals surface area contributed by atoms with Crippen LogP contribution in [-0.2, 0) is 18.1 Å². The highest BCUT2D eigenvalue weighted by atomic mass is 19.4. The molecular weight excluding hydrogens is 529 g/mol. The molecule has 1 fully saturated rings. The Kier molecular flexibility index (Phi) is 8.08. The first-order chi connectivity index (χ1) is 18.3. The first-order valence-corrected chi connectivity index (χ1v) is 12.2. The van der Waals surface area contributed by atoms with Crippen molar-refractivity contribution in [2.75, 3.05) is 0 Å². The van der Waals surface area contributed by atoms with E-state index in [1.807, 2.05) is 0 Å². The minimum atomic E-state index is -5.16. The van der Waals surface area contributed by atoms with E-state index in [0.717, 1.165) is 43.2 Å². The van der Waals surface area contributed by atoms with Gasteiger partial charge in [0.25, 0.3) is 0 Å². The highest BCUT2D eigenvalue weighted by Crippen LogP contribution is 2.39. The molecule has 3 aromatic carbocycles. The highest BCUT2D eigenvalue weighted by molar-refractivity contribution is 5.76. The van der Waals surface area contributed by atoms with Gasteiger partial charge in [-0.3, -0.25) is 0 Å². The number of hydrogen-bond acceptors (Lipinski definition) is 2. The lowest BCUT2D eigenvalue weighted by Crippen LogP contribution is -2.53. The predicted molar refractivity (Wildman–Crippen MR) is 129 cm³/mol. The van der Waals surface area contributed by atoms with Gasteiger partial charge in [0.05, 0.1) is 11.1 Å². The standard InChI is InChI=1S/C28H25F7N2O2/c29-22-14-21(15-24(16-22)39-28(33,34)35)26(17-18-7-2-1-3-8-18,37-25(38)36-23-11-4-5-12-23)19-9-6-10-20(13-19)27(30,31)32/h1-3,6-10,13-16,23H,4-5,11-12,17H2,(H2,36,37,38). The molecule has 0 aliphatic heterocycles. The molecule has 4 rings (SSSR count). The Hall–Kier alpha value is -3.76. The van der Waals surface area contributed by atoms with Crippen LogP contribution in [0.25, 0.3) is 0 Å². The molecule has 0 heterocycles. The average Bonchev–Trinajstić information content (AvgIpc) is 3.35. The van der Waals surface area contributed by atoms with E-state index in [0.29, 0.717) is 24.5 Å². The quantitative estimate of drug-likeness (QED) is 0.298. The summed E-state index contributed by atoms with van der Waals surface area (Å²) in [5.41, 5.74) is -2.77. The first kappa shape index (κ1) is 28.3. The molecule has 0 spiro atoms. The van der Waals surface area contributed by atoms with Crippen LogP contribution >= 0.6 is 0 Å². The van der Waals surface area contributed by atoms with Crippen LogP contribution in [0.1, 0.15) is 47.9 Å². The maximum atomic E-state index is 14.8. The van der Waals surface area contributed by atoms with Crippen molar-refractivity contribution in [2.45, 2.75) is 56.2 Å². The average molecular weight is 555 g/mol. The van der Waals surface area contributed by atoms with Gasteiger partial charge in [-0.15, -0.1) is 13.2 Å². The van der Waals surface area contributed by atoms with Gasteiger partial charge in [0.2, 0.25) is 0 Å². The van der Waals surface area contributed by atoms with E-state index < -0.39 is 41.2 Å². The Morgan fingerprint density at radius 2 is 1.49 bits per heavy atom. The molecule has 1 aliphatic rings. The molecular formula is C28H25F7N2O2. The number of alkyl halides is 6. The van der Waals surface area contributed by atoms with E-state index >= 15 is 0 Å². The second-order valence-electron chi connectivity index (χ2n) is 9.45. The second kappa shape index (κ2) is 11.2. The zero-order chi connectivity index (χ0) is 28.3. The van der Waals surface area contributed by atoms with Gasteiger partial charge in [-0.05, 0) is 53.8 Å². The summed E-state index contributed by atoms with van der Waals surface area (Å²) < 4.78 is 99.0. The van der Waals surface area contributed by atoms with Crippen LogP contribution in [0.2, 0.25) is 0 Å². The molecule has 0 saturated heterocycles. The zero-order valence-corrected chi connectivity index (χ0v) is 20.5. The van der Waals surface area contributed by atoms with Crippen molar-refractivity contribution in [3.8, 4) is 5.75 Å². The third kappa shape index (κ3) is 7.21. The Morgan fingerprint density at radius 1 is 0.821 bits per heavy atom. The van der Waals surface area contributed by atoms with Crippen molar-refractivity contribution in [2.24, 2.45) is 0 Å². The third-order valence-electron chi connectivity index (χ3n) is 6.61. The number of halogens is 7. The summed E-state index contributed by atoms with van der Waals surface area (Å²) in [4.78, 5) is 13.3. The summed E-state index contributed by atoms with van der Waals surface area (Å²) in [5.74, 6) is -2.05. The molecule has 4 nitrogen and oxygen atoms in total. The summed E-state index contributed by atoms with van der Waals surface area (Å²) in [6, 6.07) is 13.7. The van der Waals surface area contributed by atoms with Crippen LogP contribution in [0.15, 0.2) is 72.8 Å². The van der Waals surface area contributed by atoms with Gasteiger partial charge in [0.1, 0.15) is 11.6 Å². The maximum absolute atomic E-state index is 14.8. The van der Waals surface area contributed by atoms with Crippen LogP contribution < -0.4 is 15.4 Å². The number of benzene rings is 3. The van der Waals surface area contributed by atoms with Crippen LogP contribution in [0.4, 0.5) is 35.5 Å². The van der Waals surface area contributed by atoms with Gasteiger partial charge < -0.3 is 15.4 Å². The SMILES string of the molecule is O=C(NC1CCCC1)NC(Cc1ccccc1)(c1cc(F)cc(OC(F)(F)F)c1)c1cccc(C(F)(F)F)c1. The number of ether oxygens (including phenoxy) is 1. The lowest BCUT2D eigenvalue weighted by Gasteiger charge is -2.37. The summed E-state index contributed by atoms with van der Waals surface area (Å²) >= 11 is 0. The molecule has 2 N–H and O–H groups in total. The van der Waals surface area contributed by atoms with Crippen LogP contribution in [0.3, 0.4) is 0 Å². The van der Waals surface area contributed by atoms with Gasteiger partial charge in [0.15, 0.2) is 0 Å². The van der Waals surface area contributed by atoms with Gasteiger partial charge in [-0.2, -0.15) is 13.2 Å². The van der Waals surface area contributed by atoms with Crippen LogP contribution in [-0.4, -0.2) is 18.4 Å². The fraction of sp³-hybridized carbons (Fsp3) is 0.321. The fourth-order valence-corrected chi connectivity index (χ4v) is 4.91. The molecule has 2 amide bonds. The molecule has 1 saturated carbocycles. The largest absolute Gasteiger partial charge is 0.573 e. The number of carbonyl (C=O) groups excluding carboxylic acids is 1. The smallest absolute Gasteiger partial charge is 0.406 e. The lowest BCUT2D eigenvalue weighted by molar-refractivity contribution is -0.274. The number of urea groups is 1. The Bertz CT molecular complexity index is 1290. The summed E-state index contributed by atoms with van der Waals surface area (Å²) in [7, 11) is 0. The lowest BCUT2D eigenvalue weighted by atomic mass is 9.77. The van der Waals surface area contributed by atoms with Crippen molar-refractivity contribution in [3.05, 3.63) is 101 Å². The van der Waals surface area contributed by atoms with Crippen molar-refractivity contribution in [3.63, 3.8) is 0 Å². The zero-order valence-electron chi connectivity index (χ0n) is 20.5. The number of carbonyl (C=O) groups is 1. The normalized spacial score (nSPS) is 16.0. The van der Waals surface area contributed by atoms with Gasteiger partial charge in [-0.1, -0.05) is 55.3 Å². The van der Waals surface area contributed by atoms with Crippen molar-refractivity contribution in [1.82, 2.24) is 10.6 Å². The molecule has 0 bridgehead atoms. The Labute approximate surface area is 220 Å². The van der Waals surface area contributed by atoms with E-state index in [1.54, 1.807) is 30.3 Å². The van der Waals surface area contributed by atoms with Crippen LogP contribution in [0.5, 0.6) is 5.75 Å². The molecule has 208 valence electrons. The minimum absolute atomic E-state index is 0.105. The van der Waals surface area contributed by atoms with Gasteiger partial charge in [-0.25, -0.2) is 9.18 Å². The summed E-state index contributed by atoms with van der Waals surface area (Å²) in [6.45, 7) is 0. The molecule has 39 heavy (non-hydrogen) atoms. The van der Waals surface area contributed by atoms with E-state index in [2.05, 4.69) is 15.4 Å². The fourth-order valence-electron chi connectivity index (χ4n) is 4.91. The predicted octanol–water partition coefficient (Wildman–Crippen LogP) is 7.47. The molecule has 0 aromatic heterocycles. The van der Waals surface area contributed by atoms with Crippen LogP contribution in [0, 0.1) is 5.82 Å². The van der Waals surface area contributed by atoms with E-state index in [-0.39, 0.29) is 23.6 Å². The third-order valence-corrected chi connectivity index (χ3v) is 6.61. The monoisotopic (exact) mass is 554 g/mol. The van der Waals surface area contributed by atoms with Gasteiger partial charge >= 0.3 is 18.6 Å². The van der Waals surface area contributed by atoms with Crippen molar-refractivity contribution in [1.29, 1.82) is 0 Å². The number of hydrogen-bond donors (Lipinski definition) is 2. The summed E-state index contributed by atoms with van der Waals surface area (Å²) in [5, 5.41) is 5.51. The minimum Gasteiger partial charge on any atom is -0.406 e. The Balaban J connectivity index is 1.92. The molecule has 11 heteroatoms. The molecule has 3 aromatic rings. The van der Waals surface area contributed by atoms with E-state index in [1.165, 1.54) is 6.07 Å². The molecule has 1 unspecified atom stereocenters.